The van der Waals surface area contributed by atoms with Crippen LogP contribution < -0.4 is 5.32 Å². The minimum atomic E-state index is -3.49. The van der Waals surface area contributed by atoms with Crippen LogP contribution >= 0.6 is 11.6 Å². The van der Waals surface area contributed by atoms with Gasteiger partial charge in [-0.1, -0.05) is 48.4 Å². The SMILES string of the molecule is O=C(COCc1ccccc1Cl)NCc1cccc(S(=O)(=O)N2CCCCC2)c1. The Balaban J connectivity index is 1.51. The molecule has 0 unspecified atom stereocenters. The van der Waals surface area contributed by atoms with Crippen molar-refractivity contribution < 1.29 is 17.9 Å². The van der Waals surface area contributed by atoms with Crippen LogP contribution in [-0.4, -0.2) is 38.3 Å². The predicted octanol–water partition coefficient (Wildman–Crippen LogP) is 3.35. The molecule has 3 rings (SSSR count). The first kappa shape index (κ1) is 21.8. The van der Waals surface area contributed by atoms with Crippen molar-refractivity contribution in [2.45, 2.75) is 37.3 Å². The Morgan fingerprint density at radius 1 is 1.07 bits per heavy atom. The van der Waals surface area contributed by atoms with Crippen LogP contribution in [0.1, 0.15) is 30.4 Å². The zero-order chi connectivity index (χ0) is 20.7. The molecule has 2 aromatic carbocycles. The molecule has 0 aliphatic carbocycles. The zero-order valence-electron chi connectivity index (χ0n) is 16.1. The molecule has 156 valence electrons. The van der Waals surface area contributed by atoms with Gasteiger partial charge in [-0.3, -0.25) is 4.79 Å². The lowest BCUT2D eigenvalue weighted by atomic mass is 10.2. The van der Waals surface area contributed by atoms with E-state index in [0.717, 1.165) is 30.4 Å². The monoisotopic (exact) mass is 436 g/mol. The summed E-state index contributed by atoms with van der Waals surface area (Å²) in [4.78, 5) is 12.3. The lowest BCUT2D eigenvalue weighted by molar-refractivity contribution is -0.126. The fourth-order valence-corrected chi connectivity index (χ4v) is 4.97. The van der Waals surface area contributed by atoms with E-state index in [-0.39, 0.29) is 30.6 Å². The summed E-state index contributed by atoms with van der Waals surface area (Å²) in [5.74, 6) is -0.277. The first-order chi connectivity index (χ1) is 14.0. The maximum atomic E-state index is 12.8. The Kier molecular flexibility index (Phi) is 7.66. The summed E-state index contributed by atoms with van der Waals surface area (Å²) < 4.78 is 32.5. The van der Waals surface area contributed by atoms with E-state index in [9.17, 15) is 13.2 Å². The Hall–Kier alpha value is -1.93. The summed E-state index contributed by atoms with van der Waals surface area (Å²) in [5.41, 5.74) is 1.54. The van der Waals surface area contributed by atoms with Crippen LogP contribution in [0.4, 0.5) is 0 Å². The molecule has 1 saturated heterocycles. The molecular weight excluding hydrogens is 412 g/mol. The lowest BCUT2D eigenvalue weighted by Crippen LogP contribution is -2.35. The van der Waals surface area contributed by atoms with E-state index in [2.05, 4.69) is 5.32 Å². The summed E-state index contributed by atoms with van der Waals surface area (Å²) in [5, 5.41) is 3.35. The second-order valence-corrected chi connectivity index (χ2v) is 9.32. The Morgan fingerprint density at radius 3 is 2.59 bits per heavy atom. The van der Waals surface area contributed by atoms with E-state index in [1.54, 1.807) is 30.3 Å². The quantitative estimate of drug-likeness (QED) is 0.688. The van der Waals surface area contributed by atoms with Gasteiger partial charge < -0.3 is 10.1 Å². The number of rotatable bonds is 8. The van der Waals surface area contributed by atoms with E-state index < -0.39 is 10.0 Å². The number of hydrogen-bond donors (Lipinski definition) is 1. The van der Waals surface area contributed by atoms with Gasteiger partial charge >= 0.3 is 0 Å². The van der Waals surface area contributed by atoms with Crippen molar-refractivity contribution in [3.63, 3.8) is 0 Å². The van der Waals surface area contributed by atoms with Crippen LogP contribution in [0.5, 0.6) is 0 Å². The third-order valence-electron chi connectivity index (χ3n) is 4.79. The second kappa shape index (κ2) is 10.2. The van der Waals surface area contributed by atoms with Crippen LogP contribution in [0.2, 0.25) is 5.02 Å². The average molecular weight is 437 g/mol. The third kappa shape index (κ3) is 6.02. The van der Waals surface area contributed by atoms with Crippen molar-refractivity contribution in [3.05, 3.63) is 64.7 Å². The standard InChI is InChI=1S/C21H25ClN2O4S/c22-20-10-3-2-8-18(20)15-28-16-21(25)23-14-17-7-6-9-19(13-17)29(26,27)24-11-4-1-5-12-24/h2-3,6-10,13H,1,4-5,11-12,14-16H2,(H,23,25). The molecule has 1 N–H and O–H groups in total. The molecule has 1 heterocycles. The fourth-order valence-electron chi connectivity index (χ4n) is 3.19. The normalized spacial score (nSPS) is 15.2. The first-order valence-corrected chi connectivity index (χ1v) is 11.5. The summed E-state index contributed by atoms with van der Waals surface area (Å²) >= 11 is 6.06. The Bertz CT molecular complexity index is 943. The molecule has 0 aromatic heterocycles. The van der Waals surface area contributed by atoms with Crippen LogP contribution in [0, 0.1) is 0 Å². The van der Waals surface area contributed by atoms with Gasteiger partial charge in [0.15, 0.2) is 0 Å². The number of nitrogens with one attached hydrogen (secondary N) is 1. The van der Waals surface area contributed by atoms with Crippen LogP contribution in [0.25, 0.3) is 0 Å². The number of amides is 1. The number of halogens is 1. The molecule has 0 atom stereocenters. The third-order valence-corrected chi connectivity index (χ3v) is 7.05. The van der Waals surface area contributed by atoms with E-state index in [0.29, 0.717) is 18.1 Å². The number of nitrogens with zero attached hydrogens (tertiary/aromatic N) is 1. The smallest absolute Gasteiger partial charge is 0.246 e. The van der Waals surface area contributed by atoms with Gasteiger partial charge in [0, 0.05) is 24.7 Å². The molecule has 0 bridgehead atoms. The molecule has 1 aliphatic heterocycles. The van der Waals surface area contributed by atoms with Crippen molar-refractivity contribution in [1.82, 2.24) is 9.62 Å². The zero-order valence-corrected chi connectivity index (χ0v) is 17.7. The maximum Gasteiger partial charge on any atom is 0.246 e. The van der Waals surface area contributed by atoms with Crippen molar-refractivity contribution in [1.29, 1.82) is 0 Å². The molecule has 2 aromatic rings. The number of ether oxygens (including phenoxy) is 1. The molecule has 0 saturated carbocycles. The molecule has 0 radical (unpaired) electrons. The highest BCUT2D eigenvalue weighted by molar-refractivity contribution is 7.89. The maximum absolute atomic E-state index is 12.8. The number of carbonyl (C=O) groups excluding carboxylic acids is 1. The Morgan fingerprint density at radius 2 is 1.83 bits per heavy atom. The van der Waals surface area contributed by atoms with Crippen molar-refractivity contribution in [2.75, 3.05) is 19.7 Å². The number of hydrogen-bond acceptors (Lipinski definition) is 4. The van der Waals surface area contributed by atoms with E-state index in [1.807, 2.05) is 18.2 Å². The van der Waals surface area contributed by atoms with Crippen LogP contribution in [0.15, 0.2) is 53.4 Å². The highest BCUT2D eigenvalue weighted by atomic mass is 35.5. The van der Waals surface area contributed by atoms with Gasteiger partial charge in [-0.15, -0.1) is 0 Å². The summed E-state index contributed by atoms with van der Waals surface area (Å²) in [6, 6.07) is 14.0. The minimum Gasteiger partial charge on any atom is -0.367 e. The van der Waals surface area contributed by atoms with E-state index >= 15 is 0 Å². The molecule has 1 aliphatic rings. The number of piperidine rings is 1. The fraction of sp³-hybridized carbons (Fsp3) is 0.381. The van der Waals surface area contributed by atoms with Crippen molar-refractivity contribution in [3.8, 4) is 0 Å². The molecule has 8 heteroatoms. The first-order valence-electron chi connectivity index (χ1n) is 9.64. The summed E-state index contributed by atoms with van der Waals surface area (Å²) in [6.45, 7) is 1.50. The van der Waals surface area contributed by atoms with Gasteiger partial charge in [0.25, 0.3) is 0 Å². The number of sulfonamides is 1. The molecule has 1 fully saturated rings. The van der Waals surface area contributed by atoms with Gasteiger partial charge in [-0.05, 0) is 42.2 Å². The molecular formula is C21H25ClN2O4S. The molecule has 0 spiro atoms. The van der Waals surface area contributed by atoms with Crippen LogP contribution in [-0.2, 0) is 32.7 Å². The summed E-state index contributed by atoms with van der Waals surface area (Å²) in [6.07, 6.45) is 2.85. The van der Waals surface area contributed by atoms with Crippen molar-refractivity contribution >= 4 is 27.5 Å². The number of benzene rings is 2. The average Bonchev–Trinajstić information content (AvgIpc) is 2.74. The van der Waals surface area contributed by atoms with Gasteiger partial charge in [-0.25, -0.2) is 8.42 Å². The summed E-state index contributed by atoms with van der Waals surface area (Å²) in [7, 11) is -3.49. The number of carbonyl (C=O) groups is 1. The van der Waals surface area contributed by atoms with E-state index in [1.165, 1.54) is 4.31 Å². The van der Waals surface area contributed by atoms with Gasteiger partial charge in [0.2, 0.25) is 15.9 Å². The second-order valence-electron chi connectivity index (χ2n) is 6.97. The molecule has 6 nitrogen and oxygen atoms in total. The predicted molar refractivity (Wildman–Crippen MR) is 112 cm³/mol. The molecule has 29 heavy (non-hydrogen) atoms. The lowest BCUT2D eigenvalue weighted by Gasteiger charge is -2.26. The molecule has 1 amide bonds. The largest absolute Gasteiger partial charge is 0.367 e. The van der Waals surface area contributed by atoms with Gasteiger partial charge in [0.1, 0.15) is 6.61 Å². The van der Waals surface area contributed by atoms with E-state index in [4.69, 9.17) is 16.3 Å². The Labute approximate surface area is 176 Å². The van der Waals surface area contributed by atoms with Gasteiger partial charge in [-0.2, -0.15) is 4.31 Å². The highest BCUT2D eigenvalue weighted by Crippen LogP contribution is 2.21. The van der Waals surface area contributed by atoms with Crippen molar-refractivity contribution in [2.24, 2.45) is 0 Å². The minimum absolute atomic E-state index is 0.100. The topological polar surface area (TPSA) is 75.7 Å². The highest BCUT2D eigenvalue weighted by Gasteiger charge is 2.25. The van der Waals surface area contributed by atoms with Crippen LogP contribution in [0.3, 0.4) is 0 Å². The van der Waals surface area contributed by atoms with Gasteiger partial charge in [0.05, 0.1) is 11.5 Å².